The number of ether oxygens (including phenoxy) is 1. The van der Waals surface area contributed by atoms with Crippen LogP contribution in [0.5, 0.6) is 5.75 Å². The summed E-state index contributed by atoms with van der Waals surface area (Å²) in [5.41, 5.74) is 0.132. The van der Waals surface area contributed by atoms with Crippen LogP contribution in [0, 0.1) is 6.92 Å². The molecule has 1 aliphatic carbocycles. The molecule has 1 fully saturated rings. The summed E-state index contributed by atoms with van der Waals surface area (Å²) < 4.78 is 49.1. The lowest BCUT2D eigenvalue weighted by Gasteiger charge is -2.45. The van der Waals surface area contributed by atoms with Crippen molar-refractivity contribution in [2.45, 2.75) is 44.6 Å². The Labute approximate surface area is 197 Å². The summed E-state index contributed by atoms with van der Waals surface area (Å²) in [6.45, 7) is 2.35. The van der Waals surface area contributed by atoms with Crippen LogP contribution in [-0.2, 0) is 12.7 Å². The van der Waals surface area contributed by atoms with E-state index in [1.807, 2.05) is 6.92 Å². The Balaban J connectivity index is 1.38. The Morgan fingerprint density at radius 2 is 1.91 bits per heavy atom. The Morgan fingerprint density at radius 3 is 2.56 bits per heavy atom. The zero-order valence-corrected chi connectivity index (χ0v) is 18.8. The predicted molar refractivity (Wildman–Crippen MR) is 117 cm³/mol. The highest BCUT2D eigenvalue weighted by Gasteiger charge is 2.43. The van der Waals surface area contributed by atoms with E-state index >= 15 is 0 Å². The molecule has 7 nitrogen and oxygen atoms in total. The molecule has 5 rings (SSSR count). The second-order valence-electron chi connectivity index (χ2n) is 8.42. The van der Waals surface area contributed by atoms with Gasteiger partial charge >= 0.3 is 6.18 Å². The number of carbonyl (C=O) groups excluding carboxylic acids is 1. The Hall–Kier alpha value is -3.27. The number of fused-ring (bicyclic) bond motifs is 1. The van der Waals surface area contributed by atoms with Crippen molar-refractivity contribution in [1.29, 1.82) is 0 Å². The van der Waals surface area contributed by atoms with Crippen molar-refractivity contribution in [3.05, 3.63) is 75.2 Å². The molecule has 1 saturated carbocycles. The molecule has 1 aliphatic heterocycles. The average Bonchev–Trinajstić information content (AvgIpc) is 3.19. The number of pyridine rings is 1. The predicted octanol–water partition coefficient (Wildman–Crippen LogP) is 4.08. The molecule has 0 saturated heterocycles. The van der Waals surface area contributed by atoms with Crippen LogP contribution in [0.1, 0.15) is 34.6 Å². The van der Waals surface area contributed by atoms with Crippen molar-refractivity contribution in [1.82, 2.24) is 19.0 Å². The molecular formula is C23H20ClF3N4O3. The van der Waals surface area contributed by atoms with Gasteiger partial charge in [0, 0.05) is 24.3 Å². The highest BCUT2D eigenvalue weighted by Crippen LogP contribution is 2.40. The third kappa shape index (κ3) is 3.85. The van der Waals surface area contributed by atoms with Gasteiger partial charge in [-0.2, -0.15) is 13.2 Å². The number of alkyl halides is 3. The van der Waals surface area contributed by atoms with Crippen molar-refractivity contribution in [2.75, 3.05) is 6.54 Å². The molecule has 2 aromatic heterocycles. The third-order valence-corrected chi connectivity index (χ3v) is 6.53. The van der Waals surface area contributed by atoms with E-state index in [0.717, 1.165) is 11.8 Å². The van der Waals surface area contributed by atoms with Gasteiger partial charge in [-0.15, -0.1) is 0 Å². The molecule has 0 N–H and O–H groups in total. The molecule has 0 bridgehead atoms. The molecule has 2 aliphatic rings. The summed E-state index contributed by atoms with van der Waals surface area (Å²) >= 11 is 5.75. The van der Waals surface area contributed by atoms with E-state index < -0.39 is 17.8 Å². The summed E-state index contributed by atoms with van der Waals surface area (Å²) in [4.78, 5) is 31.9. The van der Waals surface area contributed by atoms with Crippen LogP contribution in [-0.4, -0.2) is 43.6 Å². The number of halogens is 4. The molecule has 0 spiro atoms. The van der Waals surface area contributed by atoms with E-state index in [-0.39, 0.29) is 47.1 Å². The van der Waals surface area contributed by atoms with E-state index in [0.29, 0.717) is 18.5 Å². The first-order valence-electron chi connectivity index (χ1n) is 10.7. The van der Waals surface area contributed by atoms with Gasteiger partial charge in [-0.25, -0.2) is 4.98 Å². The van der Waals surface area contributed by atoms with Crippen LogP contribution < -0.4 is 10.3 Å². The van der Waals surface area contributed by atoms with E-state index in [2.05, 4.69) is 4.98 Å². The van der Waals surface area contributed by atoms with Crippen molar-refractivity contribution in [3.63, 3.8) is 0 Å². The number of nitrogens with zero attached hydrogens (tertiary/aromatic N) is 4. The van der Waals surface area contributed by atoms with Crippen LogP contribution in [0.25, 0.3) is 5.69 Å². The molecule has 1 amide bonds. The fourth-order valence-electron chi connectivity index (χ4n) is 4.43. The number of aryl methyl sites for hydroxylation is 1. The molecule has 3 heterocycles. The van der Waals surface area contributed by atoms with Gasteiger partial charge in [-0.1, -0.05) is 11.6 Å². The van der Waals surface area contributed by atoms with Crippen LogP contribution in [0.15, 0.2) is 47.7 Å². The molecule has 34 heavy (non-hydrogen) atoms. The lowest BCUT2D eigenvalue weighted by molar-refractivity contribution is -0.140. The minimum Gasteiger partial charge on any atom is -0.488 e. The van der Waals surface area contributed by atoms with Crippen LogP contribution in [0.3, 0.4) is 0 Å². The number of hydrogen-bond acceptors (Lipinski definition) is 4. The van der Waals surface area contributed by atoms with Crippen LogP contribution >= 0.6 is 11.6 Å². The van der Waals surface area contributed by atoms with Gasteiger partial charge in [0.1, 0.15) is 23.2 Å². The number of imidazole rings is 1. The van der Waals surface area contributed by atoms with Gasteiger partial charge < -0.3 is 18.8 Å². The van der Waals surface area contributed by atoms with E-state index in [1.54, 1.807) is 27.8 Å². The quantitative estimate of drug-likeness (QED) is 0.550. The summed E-state index contributed by atoms with van der Waals surface area (Å²) in [6, 6.07) is 6.16. The molecule has 2 unspecified atom stereocenters. The molecule has 1 aromatic carbocycles. The van der Waals surface area contributed by atoms with Gasteiger partial charge in [0.05, 0.1) is 23.6 Å². The fourth-order valence-corrected chi connectivity index (χ4v) is 4.61. The number of aromatic nitrogens is 3. The number of amides is 1. The monoisotopic (exact) mass is 492 g/mol. The first-order valence-corrected chi connectivity index (χ1v) is 11.1. The maximum atomic E-state index is 13.4. The summed E-state index contributed by atoms with van der Waals surface area (Å²) in [6.07, 6.45) is -0.826. The van der Waals surface area contributed by atoms with E-state index in [1.165, 1.54) is 23.0 Å². The summed E-state index contributed by atoms with van der Waals surface area (Å²) in [5.74, 6) is -0.657. The average molecular weight is 493 g/mol. The molecule has 11 heteroatoms. The van der Waals surface area contributed by atoms with E-state index in [4.69, 9.17) is 16.3 Å². The molecule has 178 valence electrons. The lowest BCUT2D eigenvalue weighted by atomic mass is 9.86. The zero-order valence-electron chi connectivity index (χ0n) is 18.1. The minimum absolute atomic E-state index is 0.0386. The number of rotatable bonds is 4. The maximum absolute atomic E-state index is 13.4. The van der Waals surface area contributed by atoms with Gasteiger partial charge in [0.15, 0.2) is 0 Å². The standard InChI is InChI=1S/C23H20ClF3N4O3/c1-13-11-29(12-28-13)17-3-4-18-22(33)30(8-9-31(18)21(17)32)16-5-7-20(16)34-19-6-2-14(24)10-15(19)23(25,26)27/h2-4,6,10-12,16,20H,5,7-9H2,1H3. The Bertz CT molecular complexity index is 1330. The number of hydrogen-bond donors (Lipinski definition) is 0. The largest absolute Gasteiger partial charge is 0.488 e. The first kappa shape index (κ1) is 22.5. The lowest BCUT2D eigenvalue weighted by Crippen LogP contribution is -2.58. The zero-order chi connectivity index (χ0) is 24.2. The number of carbonyl (C=O) groups is 1. The normalized spacial score (nSPS) is 20.1. The van der Waals surface area contributed by atoms with Crippen molar-refractivity contribution < 1.29 is 22.7 Å². The highest BCUT2D eigenvalue weighted by molar-refractivity contribution is 6.30. The van der Waals surface area contributed by atoms with Gasteiger partial charge in [0.2, 0.25) is 0 Å². The van der Waals surface area contributed by atoms with Crippen LogP contribution in [0.2, 0.25) is 5.02 Å². The van der Waals surface area contributed by atoms with Gasteiger partial charge in [0.25, 0.3) is 11.5 Å². The smallest absolute Gasteiger partial charge is 0.420 e. The molecule has 2 atom stereocenters. The maximum Gasteiger partial charge on any atom is 0.420 e. The van der Waals surface area contributed by atoms with Gasteiger partial charge in [-0.3, -0.25) is 9.59 Å². The van der Waals surface area contributed by atoms with Crippen molar-refractivity contribution >= 4 is 17.5 Å². The van der Waals surface area contributed by atoms with Crippen LogP contribution in [0.4, 0.5) is 13.2 Å². The van der Waals surface area contributed by atoms with Gasteiger partial charge in [-0.05, 0) is 50.1 Å². The number of benzene rings is 1. The highest BCUT2D eigenvalue weighted by atomic mass is 35.5. The molecule has 0 radical (unpaired) electrons. The summed E-state index contributed by atoms with van der Waals surface area (Å²) in [7, 11) is 0. The third-order valence-electron chi connectivity index (χ3n) is 6.29. The van der Waals surface area contributed by atoms with Crippen molar-refractivity contribution in [2.24, 2.45) is 0 Å². The Morgan fingerprint density at radius 1 is 1.12 bits per heavy atom. The Kier molecular flexibility index (Phi) is 5.43. The van der Waals surface area contributed by atoms with Crippen molar-refractivity contribution in [3.8, 4) is 11.4 Å². The first-order chi connectivity index (χ1) is 16.1. The molecular weight excluding hydrogens is 473 g/mol. The minimum atomic E-state index is -4.62. The topological polar surface area (TPSA) is 69.4 Å². The second kappa shape index (κ2) is 8.19. The second-order valence-corrected chi connectivity index (χ2v) is 8.86. The van der Waals surface area contributed by atoms with E-state index in [9.17, 15) is 22.8 Å². The SMILES string of the molecule is Cc1cn(-c2ccc3n(c2=O)CCN(C2CCC2Oc2ccc(Cl)cc2C(F)(F)F)C3=O)cn1. The fraction of sp³-hybridized carbons (Fsp3) is 0.348. The molecule has 3 aromatic rings. The summed E-state index contributed by atoms with van der Waals surface area (Å²) in [5, 5.41) is -0.0386.